The summed E-state index contributed by atoms with van der Waals surface area (Å²) < 4.78 is 5.13. The number of anilines is 1. The Hall–Kier alpha value is -4.79. The van der Waals surface area contributed by atoms with Crippen molar-refractivity contribution in [2.24, 2.45) is 23.0 Å². The molecular weight excluding hydrogens is 590 g/mol. The van der Waals surface area contributed by atoms with Crippen LogP contribution in [0.25, 0.3) is 10.4 Å². The van der Waals surface area contributed by atoms with Gasteiger partial charge in [-0.05, 0) is 55.6 Å². The van der Waals surface area contributed by atoms with Gasteiger partial charge in [-0.1, -0.05) is 13.8 Å². The summed E-state index contributed by atoms with van der Waals surface area (Å²) in [4.78, 5) is 58.4. The Morgan fingerprint density at radius 2 is 1.87 bits per heavy atom. The van der Waals surface area contributed by atoms with Gasteiger partial charge in [-0.3, -0.25) is 14.5 Å². The average Bonchev–Trinajstić information content (AvgIpc) is 2.96. The van der Waals surface area contributed by atoms with Crippen molar-refractivity contribution in [3.8, 4) is 5.75 Å². The third kappa shape index (κ3) is 5.52. The molecule has 1 aromatic carbocycles. The molecular formula is C29H37N7O9. The molecule has 16 nitrogen and oxygen atoms in total. The van der Waals surface area contributed by atoms with E-state index in [-0.39, 0.29) is 48.6 Å². The molecule has 4 rings (SSSR count). The van der Waals surface area contributed by atoms with E-state index >= 15 is 0 Å². The smallest absolute Gasteiger partial charge is 0.407 e. The highest BCUT2D eigenvalue weighted by molar-refractivity contribution is 6.25. The Bertz CT molecular complexity index is 1580. The number of rotatable bonds is 8. The van der Waals surface area contributed by atoms with Gasteiger partial charge >= 0.3 is 12.0 Å². The zero-order valence-corrected chi connectivity index (χ0v) is 25.8. The van der Waals surface area contributed by atoms with Crippen LogP contribution >= 0.6 is 0 Å². The van der Waals surface area contributed by atoms with Gasteiger partial charge in [0.1, 0.15) is 22.8 Å². The van der Waals surface area contributed by atoms with Gasteiger partial charge in [0.05, 0.1) is 18.2 Å². The first-order valence-electron chi connectivity index (χ1n) is 14.2. The lowest BCUT2D eigenvalue weighted by Crippen LogP contribution is -2.63. The van der Waals surface area contributed by atoms with E-state index in [1.807, 2.05) is 13.8 Å². The van der Waals surface area contributed by atoms with Crippen LogP contribution in [0.4, 0.5) is 10.5 Å². The van der Waals surface area contributed by atoms with Crippen LogP contribution in [0.2, 0.25) is 0 Å². The summed E-state index contributed by atoms with van der Waals surface area (Å²) in [5.74, 6) is -7.53. The molecule has 0 heterocycles. The van der Waals surface area contributed by atoms with Crippen LogP contribution in [0.5, 0.6) is 5.75 Å². The first-order valence-corrected chi connectivity index (χ1v) is 14.2. The number of nitrogens with one attached hydrogen (secondary N) is 2. The number of fused-ring (bicyclic) bond motifs is 3. The number of ketones is 2. The number of phenols is 1. The highest BCUT2D eigenvalue weighted by Gasteiger charge is 2.63. The van der Waals surface area contributed by atoms with Crippen LogP contribution in [0.15, 0.2) is 34.0 Å². The van der Waals surface area contributed by atoms with Gasteiger partial charge in [0.2, 0.25) is 5.78 Å². The number of hydrogen-bond donors (Lipinski definition) is 6. The molecule has 0 fully saturated rings. The normalized spacial score (nSPS) is 24.1. The number of alkyl carbamates (subject to hydrolysis) is 1. The quantitative estimate of drug-likeness (QED) is 0.0800. The largest absolute Gasteiger partial charge is 0.510 e. The molecule has 2 amide bonds. The van der Waals surface area contributed by atoms with Crippen LogP contribution in [0, 0.1) is 17.8 Å². The molecule has 6 N–H and O–H groups in total. The number of aromatic hydroxyl groups is 1. The molecule has 0 radical (unpaired) electrons. The third-order valence-corrected chi connectivity index (χ3v) is 8.41. The topological polar surface area (TPSA) is 238 Å². The maximum atomic E-state index is 14.1. The van der Waals surface area contributed by atoms with E-state index < -0.39 is 69.9 Å². The molecule has 3 aliphatic carbocycles. The van der Waals surface area contributed by atoms with E-state index in [1.165, 1.54) is 19.0 Å². The molecule has 16 heteroatoms. The Morgan fingerprint density at radius 1 is 1.20 bits per heavy atom. The molecule has 0 aromatic heterocycles. The number of azide groups is 1. The number of aliphatic hydroxyl groups is 3. The SMILES string of the molecule is CC(C)COC(=O)NCc1cc(N(C)C)c2c(c1O)C(=O)C1=C(O)[C@]3(O)C(=O)C(C(=O)NN=[N+]=[N-])=C(O)[C@H](N(C)C)[C@@H]3C[C@@H]1C2. The summed E-state index contributed by atoms with van der Waals surface area (Å²) in [5.41, 5.74) is 7.31. The number of phenolic OH excluding ortho intramolecular Hbond substituents is 1. The number of ether oxygens (including phenoxy) is 1. The highest BCUT2D eigenvalue weighted by Crippen LogP contribution is 2.53. The summed E-state index contributed by atoms with van der Waals surface area (Å²) >= 11 is 0. The van der Waals surface area contributed by atoms with Crippen LogP contribution in [0.3, 0.4) is 0 Å². The highest BCUT2D eigenvalue weighted by atomic mass is 16.5. The minimum absolute atomic E-state index is 0.0659. The first kappa shape index (κ1) is 33.1. The Balaban J connectivity index is 1.84. The van der Waals surface area contributed by atoms with E-state index in [0.717, 1.165) is 0 Å². The van der Waals surface area contributed by atoms with E-state index in [4.69, 9.17) is 10.3 Å². The molecule has 1 aromatic rings. The van der Waals surface area contributed by atoms with Gasteiger partial charge in [-0.25, -0.2) is 9.59 Å². The molecule has 0 aliphatic heterocycles. The van der Waals surface area contributed by atoms with Gasteiger partial charge in [-0.2, -0.15) is 10.3 Å². The van der Waals surface area contributed by atoms with E-state index in [0.29, 0.717) is 11.3 Å². The van der Waals surface area contributed by atoms with Crippen LogP contribution in [-0.4, -0.2) is 95.3 Å². The second kappa shape index (κ2) is 12.3. The van der Waals surface area contributed by atoms with Crippen molar-refractivity contribution in [3.63, 3.8) is 0 Å². The Kier molecular flexibility index (Phi) is 9.05. The summed E-state index contributed by atoms with van der Waals surface area (Å²) in [7, 11) is 6.55. The summed E-state index contributed by atoms with van der Waals surface area (Å²) in [5, 5.41) is 51.4. The van der Waals surface area contributed by atoms with Crippen molar-refractivity contribution in [2.75, 3.05) is 39.7 Å². The third-order valence-electron chi connectivity index (χ3n) is 8.41. The van der Waals surface area contributed by atoms with Crippen LogP contribution in [0.1, 0.15) is 41.8 Å². The summed E-state index contributed by atoms with van der Waals surface area (Å²) in [6.07, 6.45) is -0.673. The lowest BCUT2D eigenvalue weighted by atomic mass is 9.58. The van der Waals surface area contributed by atoms with Crippen LogP contribution < -0.4 is 15.6 Å². The number of allylic oxidation sites excluding steroid dienone is 1. The predicted octanol–water partition coefficient (Wildman–Crippen LogP) is 1.92. The molecule has 45 heavy (non-hydrogen) atoms. The van der Waals surface area contributed by atoms with Gasteiger partial charge in [0.15, 0.2) is 11.4 Å². The molecule has 3 aliphatic rings. The maximum absolute atomic E-state index is 14.1. The molecule has 0 saturated carbocycles. The number of hydrogen-bond acceptors (Lipinski definition) is 12. The Morgan fingerprint density at radius 3 is 2.44 bits per heavy atom. The molecule has 0 saturated heterocycles. The average molecular weight is 628 g/mol. The maximum Gasteiger partial charge on any atom is 0.407 e. The van der Waals surface area contributed by atoms with E-state index in [9.17, 15) is 39.6 Å². The second-order valence-electron chi connectivity index (χ2n) is 12.2. The molecule has 4 atom stereocenters. The van der Waals surface area contributed by atoms with Crippen molar-refractivity contribution in [2.45, 2.75) is 44.9 Å². The monoisotopic (exact) mass is 627 g/mol. The number of carbonyl (C=O) groups excluding carboxylic acids is 4. The number of aliphatic hydroxyl groups excluding tert-OH is 2. The number of nitrogens with zero attached hydrogens (tertiary/aromatic N) is 5. The van der Waals surface area contributed by atoms with E-state index in [2.05, 4.69) is 15.5 Å². The fraction of sp³-hybridized carbons (Fsp3) is 0.517. The van der Waals surface area contributed by atoms with Crippen LogP contribution in [-0.2, 0) is 27.3 Å². The molecule has 0 spiro atoms. The standard InChI is InChI=1S/C29H37N7O9/c1-12(2)11-45-28(43)31-10-14-9-17(35(3)4)15-7-13-8-16-21(36(5)6)24(39)20(27(42)32-34-33-30)26(41)29(16,44)25(40)18(13)23(38)19(15)22(14)37/h9,12-13,16,21,37,39-40,44H,7-8,10-11H2,1-6H3,(H,31,43)(H,32,42)/t13-,16-,21+,29-/m0/s1. The summed E-state index contributed by atoms with van der Waals surface area (Å²) in [6.45, 7) is 3.73. The van der Waals surface area contributed by atoms with Gasteiger partial charge in [-0.15, -0.1) is 5.53 Å². The summed E-state index contributed by atoms with van der Waals surface area (Å²) in [6, 6.07) is 0.471. The fourth-order valence-corrected chi connectivity index (χ4v) is 6.45. The zero-order chi connectivity index (χ0) is 33.5. The number of amides is 2. The minimum Gasteiger partial charge on any atom is -0.510 e. The predicted molar refractivity (Wildman–Crippen MR) is 159 cm³/mol. The Labute approximate surface area is 258 Å². The fourth-order valence-electron chi connectivity index (χ4n) is 6.45. The van der Waals surface area contributed by atoms with Crippen molar-refractivity contribution in [1.82, 2.24) is 15.6 Å². The van der Waals surface area contributed by atoms with Crippen molar-refractivity contribution in [3.05, 3.63) is 55.9 Å². The van der Waals surface area contributed by atoms with E-state index in [1.54, 1.807) is 30.5 Å². The number of carbonyl (C=O) groups is 4. The van der Waals surface area contributed by atoms with Crippen molar-refractivity contribution >= 4 is 29.3 Å². The molecule has 0 bridgehead atoms. The van der Waals surface area contributed by atoms with Crippen molar-refractivity contribution in [1.29, 1.82) is 0 Å². The van der Waals surface area contributed by atoms with Gasteiger partial charge in [0, 0.05) is 43.4 Å². The number of likely N-dealkylation sites (N-methyl/N-ethyl adjacent to an activating group) is 1. The molecule has 0 unspecified atom stereocenters. The second-order valence-corrected chi connectivity index (χ2v) is 12.2. The molecule has 242 valence electrons. The van der Waals surface area contributed by atoms with Gasteiger partial charge in [0.25, 0.3) is 0 Å². The lowest BCUT2D eigenvalue weighted by molar-refractivity contribution is -0.148. The number of benzene rings is 1. The van der Waals surface area contributed by atoms with Crippen molar-refractivity contribution < 1.29 is 44.3 Å². The lowest BCUT2D eigenvalue weighted by Gasteiger charge is -2.50. The van der Waals surface area contributed by atoms with Gasteiger partial charge < -0.3 is 35.4 Å². The zero-order valence-electron chi connectivity index (χ0n) is 25.8. The first-order chi connectivity index (χ1) is 21.1. The minimum atomic E-state index is -2.82. The number of Topliss-reactive ketones (excluding diaryl/α,β-unsaturated/α-hetero) is 2.